The summed E-state index contributed by atoms with van der Waals surface area (Å²) in [6.45, 7) is 4.32. The number of nitrogens with one attached hydrogen (secondary N) is 1. The van der Waals surface area contributed by atoms with Gasteiger partial charge in [0, 0.05) is 18.7 Å². The fourth-order valence-corrected chi connectivity index (χ4v) is 2.65. The van der Waals surface area contributed by atoms with Crippen molar-refractivity contribution in [3.63, 3.8) is 0 Å². The van der Waals surface area contributed by atoms with E-state index in [1.54, 1.807) is 25.1 Å². The van der Waals surface area contributed by atoms with Gasteiger partial charge in [-0.05, 0) is 37.2 Å². The van der Waals surface area contributed by atoms with Gasteiger partial charge in [0.15, 0.2) is 6.20 Å². The van der Waals surface area contributed by atoms with Crippen molar-refractivity contribution in [3.8, 4) is 0 Å². The van der Waals surface area contributed by atoms with Crippen molar-refractivity contribution in [2.75, 3.05) is 0 Å². The second-order valence-corrected chi connectivity index (χ2v) is 6.19. The molecular weight excluding hydrogens is 284 g/mol. The van der Waals surface area contributed by atoms with Crippen molar-refractivity contribution in [1.82, 2.24) is 5.32 Å². The van der Waals surface area contributed by atoms with E-state index in [1.165, 1.54) is 23.5 Å². The van der Waals surface area contributed by atoms with E-state index >= 15 is 0 Å². The van der Waals surface area contributed by atoms with Gasteiger partial charge in [-0.2, -0.15) is 4.73 Å². The maximum Gasteiger partial charge on any atom is 0.252 e. The number of carbonyl (C=O) groups excluding carboxylic acids is 1. The lowest BCUT2D eigenvalue weighted by Gasteiger charge is -2.11. The minimum atomic E-state index is -0.321. The van der Waals surface area contributed by atoms with Gasteiger partial charge in [0.1, 0.15) is 0 Å². The summed E-state index contributed by atoms with van der Waals surface area (Å²) in [6, 6.07) is 13.2. The average molecular weight is 302 g/mol. The van der Waals surface area contributed by atoms with Gasteiger partial charge in [-0.15, -0.1) is 0 Å². The van der Waals surface area contributed by atoms with Gasteiger partial charge >= 0.3 is 0 Å². The third-order valence-electron chi connectivity index (χ3n) is 3.04. The first-order valence-electron chi connectivity index (χ1n) is 6.74. The number of pyridine rings is 1. The highest BCUT2D eigenvalue weighted by Gasteiger charge is 2.18. The second kappa shape index (κ2) is 7.13. The van der Waals surface area contributed by atoms with Gasteiger partial charge < -0.3 is 10.5 Å². The summed E-state index contributed by atoms with van der Waals surface area (Å²) in [7, 11) is 0. The number of hydrogen-bond acceptors (Lipinski definition) is 3. The Labute approximate surface area is 128 Å². The number of thioether (sulfide) groups is 1. The van der Waals surface area contributed by atoms with Crippen molar-refractivity contribution >= 4 is 17.7 Å². The Morgan fingerprint density at radius 2 is 2.00 bits per heavy atom. The monoisotopic (exact) mass is 302 g/mol. The molecule has 1 aromatic carbocycles. The molecule has 0 radical (unpaired) electrons. The maximum atomic E-state index is 12.1. The minimum absolute atomic E-state index is 0.0792. The van der Waals surface area contributed by atoms with Crippen LogP contribution < -0.4 is 10.0 Å². The normalized spacial score (nSPS) is 11.9. The van der Waals surface area contributed by atoms with Crippen LogP contribution in [0.3, 0.4) is 0 Å². The Balaban J connectivity index is 1.88. The fourth-order valence-electron chi connectivity index (χ4n) is 1.78. The third kappa shape index (κ3) is 4.49. The molecule has 0 spiro atoms. The summed E-state index contributed by atoms with van der Waals surface area (Å²) in [5.74, 6) is -0.0792. The largest absolute Gasteiger partial charge is 0.618 e. The SMILES string of the molecule is Cc1ccc(CNC(=O)[C@H](C)Sc2cccc[n+]2[O-])cc1. The number of aromatic nitrogens is 1. The first kappa shape index (κ1) is 15.4. The standard InChI is InChI=1S/C16H18N2O2S/c1-12-6-8-14(9-7-12)11-17-16(19)13(2)21-15-5-3-4-10-18(15)20/h3-10,13H,11H2,1-2H3,(H,17,19)/t13-/m0/s1. The molecule has 2 aromatic rings. The summed E-state index contributed by atoms with van der Waals surface area (Å²) in [6.07, 6.45) is 1.43. The number of carbonyl (C=O) groups is 1. The molecule has 0 bridgehead atoms. The Kier molecular flexibility index (Phi) is 5.22. The highest BCUT2D eigenvalue weighted by molar-refractivity contribution is 8.00. The van der Waals surface area contributed by atoms with E-state index in [4.69, 9.17) is 0 Å². The van der Waals surface area contributed by atoms with Crippen molar-refractivity contribution in [2.24, 2.45) is 0 Å². The summed E-state index contributed by atoms with van der Waals surface area (Å²) in [4.78, 5) is 12.1. The van der Waals surface area contributed by atoms with Crippen LogP contribution in [0.25, 0.3) is 0 Å². The molecule has 1 aromatic heterocycles. The molecule has 0 saturated heterocycles. The zero-order valence-electron chi connectivity index (χ0n) is 12.1. The van der Waals surface area contributed by atoms with Gasteiger partial charge in [-0.3, -0.25) is 4.79 Å². The smallest absolute Gasteiger partial charge is 0.252 e. The summed E-state index contributed by atoms with van der Waals surface area (Å²) in [5.41, 5.74) is 2.25. The number of benzene rings is 1. The number of hydrogen-bond donors (Lipinski definition) is 1. The molecule has 1 N–H and O–H groups in total. The zero-order chi connectivity index (χ0) is 15.2. The van der Waals surface area contributed by atoms with Crippen LogP contribution in [0.4, 0.5) is 0 Å². The highest BCUT2D eigenvalue weighted by atomic mass is 32.2. The Morgan fingerprint density at radius 3 is 2.67 bits per heavy atom. The van der Waals surface area contributed by atoms with E-state index in [0.717, 1.165) is 10.3 Å². The summed E-state index contributed by atoms with van der Waals surface area (Å²) < 4.78 is 0.772. The predicted octanol–water partition coefficient (Wildman–Crippen LogP) is 2.43. The predicted molar refractivity (Wildman–Crippen MR) is 83.7 cm³/mol. The number of nitrogens with zero attached hydrogens (tertiary/aromatic N) is 1. The molecule has 4 nitrogen and oxygen atoms in total. The summed E-state index contributed by atoms with van der Waals surface area (Å²) >= 11 is 1.25. The topological polar surface area (TPSA) is 56.0 Å². The van der Waals surface area contributed by atoms with Gasteiger partial charge in [0.05, 0.1) is 5.25 Å². The van der Waals surface area contributed by atoms with Crippen molar-refractivity contribution in [2.45, 2.75) is 30.7 Å². The molecule has 110 valence electrons. The van der Waals surface area contributed by atoms with Gasteiger partial charge in [-0.1, -0.05) is 29.8 Å². The lowest BCUT2D eigenvalue weighted by atomic mass is 10.1. The molecule has 0 unspecified atom stereocenters. The number of amides is 1. The van der Waals surface area contributed by atoms with Crippen LogP contribution in [0.2, 0.25) is 0 Å². The Hall–Kier alpha value is -2.01. The quantitative estimate of drug-likeness (QED) is 0.524. The van der Waals surface area contributed by atoms with Crippen LogP contribution >= 0.6 is 11.8 Å². The molecule has 1 amide bonds. The molecule has 0 aliphatic carbocycles. The van der Waals surface area contributed by atoms with E-state index in [0.29, 0.717) is 11.6 Å². The van der Waals surface area contributed by atoms with Crippen LogP contribution in [0, 0.1) is 12.1 Å². The molecule has 0 fully saturated rings. The second-order valence-electron chi connectivity index (χ2n) is 4.83. The van der Waals surface area contributed by atoms with Gasteiger partial charge in [0.25, 0.3) is 5.03 Å². The first-order valence-corrected chi connectivity index (χ1v) is 7.62. The van der Waals surface area contributed by atoms with Crippen molar-refractivity contribution < 1.29 is 9.52 Å². The van der Waals surface area contributed by atoms with Crippen LogP contribution in [0.5, 0.6) is 0 Å². The van der Waals surface area contributed by atoms with Gasteiger partial charge in [0.2, 0.25) is 5.91 Å². The zero-order valence-corrected chi connectivity index (χ0v) is 12.9. The van der Waals surface area contributed by atoms with Crippen LogP contribution in [0.1, 0.15) is 18.1 Å². The lowest BCUT2D eigenvalue weighted by Crippen LogP contribution is -2.33. The Morgan fingerprint density at radius 1 is 1.29 bits per heavy atom. The minimum Gasteiger partial charge on any atom is -0.618 e. The van der Waals surface area contributed by atoms with Gasteiger partial charge in [-0.25, -0.2) is 0 Å². The molecule has 1 heterocycles. The maximum absolute atomic E-state index is 12.1. The van der Waals surface area contributed by atoms with E-state index in [1.807, 2.05) is 31.2 Å². The van der Waals surface area contributed by atoms with E-state index in [2.05, 4.69) is 5.32 Å². The molecule has 2 rings (SSSR count). The van der Waals surface area contributed by atoms with E-state index < -0.39 is 0 Å². The molecule has 21 heavy (non-hydrogen) atoms. The molecule has 0 aliphatic heterocycles. The third-order valence-corrected chi connectivity index (χ3v) is 4.17. The van der Waals surface area contributed by atoms with Crippen molar-refractivity contribution in [3.05, 3.63) is 65.0 Å². The number of rotatable bonds is 5. The molecule has 1 atom stereocenters. The fraction of sp³-hybridized carbons (Fsp3) is 0.250. The Bertz CT molecular complexity index is 614. The van der Waals surface area contributed by atoms with Crippen LogP contribution in [0.15, 0.2) is 53.7 Å². The molecule has 5 heteroatoms. The van der Waals surface area contributed by atoms with Crippen LogP contribution in [-0.2, 0) is 11.3 Å². The molecular formula is C16H18N2O2S. The molecule has 0 aliphatic rings. The lowest BCUT2D eigenvalue weighted by molar-refractivity contribution is -0.645. The van der Waals surface area contributed by atoms with Crippen molar-refractivity contribution in [1.29, 1.82) is 0 Å². The van der Waals surface area contributed by atoms with Crippen LogP contribution in [-0.4, -0.2) is 11.2 Å². The number of aryl methyl sites for hydroxylation is 1. The summed E-state index contributed by atoms with van der Waals surface area (Å²) in [5, 5.41) is 14.6. The van der Waals surface area contributed by atoms with E-state index in [-0.39, 0.29) is 11.2 Å². The average Bonchev–Trinajstić information content (AvgIpc) is 2.48. The first-order chi connectivity index (χ1) is 10.1. The van der Waals surface area contributed by atoms with E-state index in [9.17, 15) is 10.0 Å². The molecule has 0 saturated carbocycles. The highest BCUT2D eigenvalue weighted by Crippen LogP contribution is 2.19.